The molecule has 2 nitrogen and oxygen atoms in total. The zero-order valence-corrected chi connectivity index (χ0v) is 16.7. The average molecular weight is 381 g/mol. The minimum atomic E-state index is 0.812. The highest BCUT2D eigenvalue weighted by Gasteiger charge is 2.18. The Bertz CT molecular complexity index is 849. The second-order valence-electron chi connectivity index (χ2n) is 7.98. The lowest BCUT2D eigenvalue weighted by Gasteiger charge is -2.30. The number of hydrogen-bond donors (Lipinski definition) is 1. The predicted molar refractivity (Wildman–Crippen MR) is 115 cm³/mol. The van der Waals surface area contributed by atoms with Gasteiger partial charge in [0.2, 0.25) is 0 Å². The van der Waals surface area contributed by atoms with E-state index in [4.69, 9.17) is 11.6 Å². The van der Waals surface area contributed by atoms with Crippen LogP contribution in [-0.2, 0) is 13.0 Å². The molecule has 3 heteroatoms. The van der Waals surface area contributed by atoms with E-state index >= 15 is 0 Å². The van der Waals surface area contributed by atoms with Crippen LogP contribution in [0.4, 0.5) is 0 Å². The maximum Gasteiger partial charge on any atom is 0.0457 e. The van der Waals surface area contributed by atoms with Gasteiger partial charge in [0.1, 0.15) is 0 Å². The maximum absolute atomic E-state index is 6.22. The van der Waals surface area contributed by atoms with Crippen molar-refractivity contribution < 1.29 is 0 Å². The lowest BCUT2D eigenvalue weighted by Crippen LogP contribution is -2.32. The molecular weight excluding hydrogens is 352 g/mol. The second-order valence-corrected chi connectivity index (χ2v) is 8.42. The molecule has 142 valence electrons. The fourth-order valence-corrected chi connectivity index (χ4v) is 4.62. The number of H-pyrrole nitrogens is 1. The smallest absolute Gasteiger partial charge is 0.0457 e. The molecule has 27 heavy (non-hydrogen) atoms. The van der Waals surface area contributed by atoms with E-state index in [0.29, 0.717) is 0 Å². The van der Waals surface area contributed by atoms with Crippen molar-refractivity contribution in [3.8, 4) is 0 Å². The minimum Gasteiger partial charge on any atom is -0.361 e. The Morgan fingerprint density at radius 1 is 1.00 bits per heavy atom. The summed E-state index contributed by atoms with van der Waals surface area (Å²) in [5.41, 5.74) is 3.96. The number of benzene rings is 2. The van der Waals surface area contributed by atoms with Gasteiger partial charge >= 0.3 is 0 Å². The van der Waals surface area contributed by atoms with Crippen LogP contribution in [0.15, 0.2) is 54.7 Å². The van der Waals surface area contributed by atoms with Crippen molar-refractivity contribution in [1.82, 2.24) is 9.88 Å². The molecule has 0 spiro atoms. The molecule has 0 radical (unpaired) electrons. The molecule has 4 rings (SSSR count). The third-order valence-electron chi connectivity index (χ3n) is 5.92. The van der Waals surface area contributed by atoms with Crippen LogP contribution in [0.25, 0.3) is 10.9 Å². The lowest BCUT2D eigenvalue weighted by molar-refractivity contribution is 0.195. The van der Waals surface area contributed by atoms with Crippen molar-refractivity contribution >= 4 is 22.5 Å². The molecule has 1 aliphatic rings. The van der Waals surface area contributed by atoms with Gasteiger partial charge in [-0.05, 0) is 54.5 Å². The predicted octanol–water partition coefficient (Wildman–Crippen LogP) is 6.45. The van der Waals surface area contributed by atoms with Crippen molar-refractivity contribution in [2.75, 3.05) is 13.1 Å². The van der Waals surface area contributed by atoms with Crippen molar-refractivity contribution in [1.29, 1.82) is 0 Å². The summed E-state index contributed by atoms with van der Waals surface area (Å²) in [4.78, 5) is 6.05. The molecule has 1 N–H and O–H groups in total. The monoisotopic (exact) mass is 380 g/mol. The van der Waals surface area contributed by atoms with Gasteiger partial charge in [0, 0.05) is 41.8 Å². The maximum atomic E-state index is 6.22. The van der Waals surface area contributed by atoms with Crippen LogP contribution in [0.2, 0.25) is 5.02 Å². The number of halogens is 1. The minimum absolute atomic E-state index is 0.812. The summed E-state index contributed by atoms with van der Waals surface area (Å²) >= 11 is 6.22. The summed E-state index contributed by atoms with van der Waals surface area (Å²) in [7, 11) is 0. The molecule has 2 aromatic carbocycles. The molecule has 3 aromatic rings. The number of nitrogens with zero attached hydrogens (tertiary/aromatic N) is 1. The quantitative estimate of drug-likeness (QED) is 0.499. The van der Waals surface area contributed by atoms with Crippen LogP contribution < -0.4 is 0 Å². The topological polar surface area (TPSA) is 19.0 Å². The highest BCUT2D eigenvalue weighted by Crippen LogP contribution is 2.26. The first-order valence-electron chi connectivity index (χ1n) is 10.3. The van der Waals surface area contributed by atoms with Crippen molar-refractivity contribution in [3.05, 3.63) is 70.9 Å². The first-order valence-corrected chi connectivity index (χ1v) is 10.7. The van der Waals surface area contributed by atoms with Crippen LogP contribution >= 0.6 is 11.6 Å². The molecule has 0 atom stereocenters. The highest BCUT2D eigenvalue weighted by molar-refractivity contribution is 6.31. The molecule has 1 aliphatic carbocycles. The molecule has 1 saturated carbocycles. The summed E-state index contributed by atoms with van der Waals surface area (Å²) in [6.45, 7) is 3.35. The standard InChI is InChI=1S/C24H29ClN2/c25-22-11-12-24-23(15-22)21(16-26-24)13-14-27(17-19-7-3-1-4-8-19)18-20-9-5-2-6-10-20/h1,3-4,7-8,11-12,15-16,20,26H,2,5-6,9-10,13-14,17-18H2. The van der Waals surface area contributed by atoms with Gasteiger partial charge < -0.3 is 4.98 Å². The van der Waals surface area contributed by atoms with Gasteiger partial charge in [0.15, 0.2) is 0 Å². The fourth-order valence-electron chi connectivity index (χ4n) is 4.45. The Morgan fingerprint density at radius 3 is 2.63 bits per heavy atom. The fraction of sp³-hybridized carbons (Fsp3) is 0.417. The number of aromatic amines is 1. The SMILES string of the molecule is Clc1ccc2[nH]cc(CCN(Cc3ccccc3)CC3CCCCC3)c2c1. The van der Waals surface area contributed by atoms with Crippen LogP contribution in [-0.4, -0.2) is 23.0 Å². The summed E-state index contributed by atoms with van der Waals surface area (Å²) in [5, 5.41) is 2.08. The van der Waals surface area contributed by atoms with E-state index in [0.717, 1.165) is 30.5 Å². The molecule has 0 aliphatic heterocycles. The number of nitrogens with one attached hydrogen (secondary N) is 1. The van der Waals surface area contributed by atoms with Gasteiger partial charge in [-0.2, -0.15) is 0 Å². The van der Waals surface area contributed by atoms with Crippen LogP contribution in [0.5, 0.6) is 0 Å². The Morgan fingerprint density at radius 2 is 1.81 bits per heavy atom. The normalized spacial score (nSPS) is 15.6. The number of aromatic nitrogens is 1. The van der Waals surface area contributed by atoms with E-state index < -0.39 is 0 Å². The van der Waals surface area contributed by atoms with E-state index in [1.807, 2.05) is 6.07 Å². The van der Waals surface area contributed by atoms with Gasteiger partial charge in [0.25, 0.3) is 0 Å². The first kappa shape index (κ1) is 18.6. The largest absolute Gasteiger partial charge is 0.361 e. The van der Waals surface area contributed by atoms with Gasteiger partial charge in [-0.25, -0.2) is 0 Å². The summed E-state index contributed by atoms with van der Waals surface area (Å²) < 4.78 is 0. The molecule has 0 unspecified atom stereocenters. The third-order valence-corrected chi connectivity index (χ3v) is 6.15. The third kappa shape index (κ3) is 4.94. The second kappa shape index (κ2) is 8.95. The van der Waals surface area contributed by atoms with E-state index in [1.54, 1.807) is 0 Å². The average Bonchev–Trinajstić information content (AvgIpc) is 3.10. The zero-order chi connectivity index (χ0) is 18.5. The Hall–Kier alpha value is -1.77. The van der Waals surface area contributed by atoms with Crippen molar-refractivity contribution in [2.45, 2.75) is 45.1 Å². The van der Waals surface area contributed by atoms with Crippen LogP contribution in [0, 0.1) is 5.92 Å². The number of rotatable bonds is 7. The Labute approximate surface area is 167 Å². The Balaban J connectivity index is 1.46. The Kier molecular flexibility index (Phi) is 6.16. The van der Waals surface area contributed by atoms with Gasteiger partial charge in [-0.1, -0.05) is 61.2 Å². The highest BCUT2D eigenvalue weighted by atomic mass is 35.5. The van der Waals surface area contributed by atoms with Crippen molar-refractivity contribution in [2.24, 2.45) is 5.92 Å². The summed E-state index contributed by atoms with van der Waals surface area (Å²) in [5.74, 6) is 0.861. The van der Waals surface area contributed by atoms with E-state index in [-0.39, 0.29) is 0 Å². The number of fused-ring (bicyclic) bond motifs is 1. The van der Waals surface area contributed by atoms with Gasteiger partial charge in [0.05, 0.1) is 0 Å². The number of hydrogen-bond acceptors (Lipinski definition) is 1. The molecule has 1 aromatic heterocycles. The summed E-state index contributed by atoms with van der Waals surface area (Å²) in [6, 6.07) is 17.0. The lowest BCUT2D eigenvalue weighted by atomic mass is 9.89. The van der Waals surface area contributed by atoms with Gasteiger partial charge in [-0.3, -0.25) is 4.90 Å². The molecule has 0 amide bonds. The van der Waals surface area contributed by atoms with E-state index in [9.17, 15) is 0 Å². The van der Waals surface area contributed by atoms with Gasteiger partial charge in [-0.15, -0.1) is 0 Å². The molecule has 0 saturated heterocycles. The molecule has 1 heterocycles. The van der Waals surface area contributed by atoms with Crippen molar-refractivity contribution in [3.63, 3.8) is 0 Å². The van der Waals surface area contributed by atoms with Crippen LogP contribution in [0.3, 0.4) is 0 Å². The van der Waals surface area contributed by atoms with E-state index in [2.05, 4.69) is 58.5 Å². The van der Waals surface area contributed by atoms with Crippen LogP contribution in [0.1, 0.15) is 43.2 Å². The summed E-state index contributed by atoms with van der Waals surface area (Å²) in [6.07, 6.45) is 10.2. The molecular formula is C24H29ClN2. The zero-order valence-electron chi connectivity index (χ0n) is 16.0. The molecule has 0 bridgehead atoms. The first-order chi connectivity index (χ1) is 13.3. The van der Waals surface area contributed by atoms with E-state index in [1.165, 1.54) is 60.7 Å². The molecule has 1 fully saturated rings.